The molecule has 0 saturated heterocycles. The highest BCUT2D eigenvalue weighted by Gasteiger charge is 2.34. The lowest BCUT2D eigenvalue weighted by Crippen LogP contribution is -2.40. The van der Waals surface area contributed by atoms with Crippen LogP contribution in [-0.2, 0) is 9.53 Å². The van der Waals surface area contributed by atoms with Gasteiger partial charge in [-0.15, -0.1) is 0 Å². The van der Waals surface area contributed by atoms with Gasteiger partial charge in [0.15, 0.2) is 16.3 Å². The Morgan fingerprint density at radius 3 is 2.33 bits per heavy atom. The average molecular weight is 569 g/mol. The maximum absolute atomic E-state index is 13.8. The number of thiazole rings is 1. The quantitative estimate of drug-likeness (QED) is 0.226. The Balaban J connectivity index is 2.03. The summed E-state index contributed by atoms with van der Waals surface area (Å²) in [5.74, 6) is -0.359. The molecule has 40 heavy (non-hydrogen) atoms. The highest BCUT2D eigenvalue weighted by atomic mass is 32.1. The van der Waals surface area contributed by atoms with E-state index < -0.39 is 27.4 Å². The molecule has 1 aliphatic rings. The molecule has 0 spiro atoms. The van der Waals surface area contributed by atoms with E-state index in [4.69, 9.17) is 14.2 Å². The van der Waals surface area contributed by atoms with E-state index in [1.807, 2.05) is 0 Å². The lowest BCUT2D eigenvalue weighted by Gasteiger charge is -2.24. The summed E-state index contributed by atoms with van der Waals surface area (Å²) in [7, 11) is 2.72. The zero-order valence-corrected chi connectivity index (χ0v) is 22.9. The molecule has 0 aliphatic carbocycles. The highest BCUT2D eigenvalue weighted by Crippen LogP contribution is 2.35. The summed E-state index contributed by atoms with van der Waals surface area (Å²) in [6, 6.07) is 5.94. The summed E-state index contributed by atoms with van der Waals surface area (Å²) >= 11 is 0.957. The minimum Gasteiger partial charge on any atom is -0.493 e. The van der Waals surface area contributed by atoms with Crippen molar-refractivity contribution in [3.63, 3.8) is 0 Å². The van der Waals surface area contributed by atoms with Gasteiger partial charge in [0.05, 0.1) is 64.1 Å². The minimum atomic E-state index is -1.09. The molecule has 1 aliphatic heterocycles. The number of carbonyl (C=O) groups excluding carboxylic acids is 1. The van der Waals surface area contributed by atoms with Crippen LogP contribution in [0.5, 0.6) is 11.5 Å². The van der Waals surface area contributed by atoms with E-state index >= 15 is 0 Å². The van der Waals surface area contributed by atoms with Crippen LogP contribution in [0.1, 0.15) is 36.6 Å². The van der Waals surface area contributed by atoms with Crippen molar-refractivity contribution in [3.05, 3.63) is 98.2 Å². The number of nitro benzene ring substituents is 2. The molecule has 0 fully saturated rings. The number of nitro groups is 2. The molecule has 2 aromatic carbocycles. The van der Waals surface area contributed by atoms with E-state index in [0.717, 1.165) is 11.3 Å². The third-order valence-corrected chi connectivity index (χ3v) is 7.26. The maximum Gasteiger partial charge on any atom is 0.338 e. The van der Waals surface area contributed by atoms with Gasteiger partial charge in [0, 0.05) is 11.6 Å². The van der Waals surface area contributed by atoms with Crippen LogP contribution in [0.3, 0.4) is 0 Å². The number of benzene rings is 2. The molecule has 0 N–H and O–H groups in total. The van der Waals surface area contributed by atoms with Gasteiger partial charge in [-0.2, -0.15) is 0 Å². The summed E-state index contributed by atoms with van der Waals surface area (Å²) < 4.78 is 17.0. The lowest BCUT2D eigenvalue weighted by molar-refractivity contribution is -0.385. The van der Waals surface area contributed by atoms with Crippen LogP contribution in [-0.4, -0.2) is 41.2 Å². The van der Waals surface area contributed by atoms with Crippen LogP contribution in [0.15, 0.2) is 51.4 Å². The number of methoxy groups -OCH3 is 2. The maximum atomic E-state index is 13.8. The number of nitrogens with zero attached hydrogens (tertiary/aromatic N) is 4. The first-order valence-corrected chi connectivity index (χ1v) is 12.7. The summed E-state index contributed by atoms with van der Waals surface area (Å²) in [5, 5.41) is 23.5. The van der Waals surface area contributed by atoms with Crippen molar-refractivity contribution in [1.29, 1.82) is 0 Å². The third-order valence-electron chi connectivity index (χ3n) is 6.28. The topological polar surface area (TPSA) is 165 Å². The Kier molecular flexibility index (Phi) is 7.81. The van der Waals surface area contributed by atoms with Crippen LogP contribution in [0.25, 0.3) is 6.08 Å². The van der Waals surface area contributed by atoms with Gasteiger partial charge in [0.25, 0.3) is 16.9 Å². The standard InChI is InChI=1S/C26H24N4O9S/c1-6-39-25(32)22-14(3)27-26-28(23(22)15-8-7-13(2)17(9-15)29(33)34)24(31)21(40-26)11-16-10-19(37-4)20(38-5)12-18(16)30(35)36/h7-12,23H,6H2,1-5H3/b21-11+/t23-/m0/s1. The Labute approximate surface area is 230 Å². The van der Waals surface area contributed by atoms with Gasteiger partial charge >= 0.3 is 5.97 Å². The number of ether oxygens (including phenoxy) is 3. The summed E-state index contributed by atoms with van der Waals surface area (Å²) in [5.41, 5.74) is 0.00971. The number of hydrogen-bond donors (Lipinski definition) is 0. The molecule has 2 heterocycles. The smallest absolute Gasteiger partial charge is 0.338 e. The molecule has 14 heteroatoms. The van der Waals surface area contributed by atoms with Crippen LogP contribution in [0.2, 0.25) is 0 Å². The van der Waals surface area contributed by atoms with Crippen LogP contribution < -0.4 is 24.4 Å². The van der Waals surface area contributed by atoms with Gasteiger partial charge in [-0.3, -0.25) is 29.6 Å². The van der Waals surface area contributed by atoms with Crippen molar-refractivity contribution < 1.29 is 28.9 Å². The predicted octanol–water partition coefficient (Wildman–Crippen LogP) is 2.94. The normalized spacial score (nSPS) is 14.8. The van der Waals surface area contributed by atoms with Gasteiger partial charge in [-0.05, 0) is 38.5 Å². The molecule has 3 aromatic rings. The molecule has 0 bridgehead atoms. The third kappa shape index (κ3) is 4.96. The average Bonchev–Trinajstić information content (AvgIpc) is 3.21. The molecule has 0 radical (unpaired) electrons. The number of hydrogen-bond acceptors (Lipinski definition) is 11. The molecular formula is C26H24N4O9S. The molecule has 0 saturated carbocycles. The molecule has 0 amide bonds. The van der Waals surface area contributed by atoms with Gasteiger partial charge in [0.2, 0.25) is 0 Å². The van der Waals surface area contributed by atoms with Crippen molar-refractivity contribution in [2.24, 2.45) is 4.99 Å². The van der Waals surface area contributed by atoms with E-state index in [2.05, 4.69) is 4.99 Å². The lowest BCUT2D eigenvalue weighted by atomic mass is 9.94. The number of allylic oxidation sites excluding steroid dienone is 1. The van der Waals surface area contributed by atoms with E-state index in [-0.39, 0.29) is 55.6 Å². The van der Waals surface area contributed by atoms with E-state index in [1.165, 1.54) is 49.1 Å². The zero-order chi connectivity index (χ0) is 29.3. The number of aryl methyl sites for hydroxylation is 1. The molecule has 208 valence electrons. The Morgan fingerprint density at radius 2 is 1.73 bits per heavy atom. The molecule has 0 unspecified atom stereocenters. The van der Waals surface area contributed by atoms with Crippen molar-refractivity contribution in [1.82, 2.24) is 4.57 Å². The second-order valence-corrected chi connectivity index (χ2v) is 9.64. The fourth-order valence-corrected chi connectivity index (χ4v) is 5.44. The molecular weight excluding hydrogens is 544 g/mol. The predicted molar refractivity (Wildman–Crippen MR) is 144 cm³/mol. The van der Waals surface area contributed by atoms with Gasteiger partial charge in [-0.25, -0.2) is 9.79 Å². The van der Waals surface area contributed by atoms with Crippen molar-refractivity contribution in [3.8, 4) is 11.5 Å². The number of aromatic nitrogens is 1. The van der Waals surface area contributed by atoms with E-state index in [0.29, 0.717) is 11.1 Å². The molecule has 13 nitrogen and oxygen atoms in total. The second kappa shape index (κ2) is 11.1. The fourth-order valence-electron chi connectivity index (χ4n) is 4.40. The largest absolute Gasteiger partial charge is 0.493 e. The molecule has 4 rings (SSSR count). The van der Waals surface area contributed by atoms with E-state index in [1.54, 1.807) is 26.8 Å². The summed E-state index contributed by atoms with van der Waals surface area (Å²) in [6.45, 7) is 4.85. The summed E-state index contributed by atoms with van der Waals surface area (Å²) in [6.07, 6.45) is 1.34. The van der Waals surface area contributed by atoms with Gasteiger partial charge < -0.3 is 14.2 Å². The van der Waals surface area contributed by atoms with Crippen molar-refractivity contribution in [2.45, 2.75) is 26.8 Å². The first-order chi connectivity index (χ1) is 19.0. The minimum absolute atomic E-state index is 0.0519. The Morgan fingerprint density at radius 1 is 1.07 bits per heavy atom. The monoisotopic (exact) mass is 568 g/mol. The fraction of sp³-hybridized carbons (Fsp3) is 0.269. The zero-order valence-electron chi connectivity index (χ0n) is 22.1. The Bertz CT molecular complexity index is 1770. The van der Waals surface area contributed by atoms with Gasteiger partial charge in [-0.1, -0.05) is 23.5 Å². The SMILES string of the molecule is CCOC(=O)C1=C(C)N=c2s/c(=C/c3cc(OC)c(OC)cc3[N+](=O)[O-])c(=O)n2[C@H]1c1ccc(C)c([N+](=O)[O-])c1. The van der Waals surface area contributed by atoms with Crippen LogP contribution in [0, 0.1) is 27.2 Å². The Hall–Kier alpha value is -4.85. The number of carbonyl (C=O) groups is 1. The number of fused-ring (bicyclic) bond motifs is 1. The van der Waals surface area contributed by atoms with Gasteiger partial charge in [0.1, 0.15) is 0 Å². The van der Waals surface area contributed by atoms with Crippen molar-refractivity contribution >= 4 is 34.8 Å². The second-order valence-electron chi connectivity index (χ2n) is 8.63. The highest BCUT2D eigenvalue weighted by molar-refractivity contribution is 7.07. The molecule has 1 atom stereocenters. The van der Waals surface area contributed by atoms with Crippen LogP contribution >= 0.6 is 11.3 Å². The molecule has 1 aromatic heterocycles. The number of rotatable bonds is 8. The van der Waals surface area contributed by atoms with E-state index in [9.17, 15) is 29.8 Å². The first kappa shape index (κ1) is 28.2. The summed E-state index contributed by atoms with van der Waals surface area (Å²) in [4.78, 5) is 53.9. The first-order valence-electron chi connectivity index (χ1n) is 11.9. The van der Waals surface area contributed by atoms with Crippen molar-refractivity contribution in [2.75, 3.05) is 20.8 Å². The number of esters is 1. The van der Waals surface area contributed by atoms with Crippen LogP contribution in [0.4, 0.5) is 11.4 Å².